The van der Waals surface area contributed by atoms with Gasteiger partial charge in [-0.15, -0.1) is 0 Å². The van der Waals surface area contributed by atoms with Gasteiger partial charge in [0, 0.05) is 25.6 Å². The predicted molar refractivity (Wildman–Crippen MR) is 66.5 cm³/mol. The van der Waals surface area contributed by atoms with Crippen molar-refractivity contribution in [2.75, 3.05) is 20.3 Å². The molecule has 1 aliphatic heterocycles. The van der Waals surface area contributed by atoms with Crippen molar-refractivity contribution in [2.45, 2.75) is 44.7 Å². The molecule has 2 N–H and O–H groups in total. The number of hydrogen-bond acceptors (Lipinski definition) is 3. The molecule has 4 atom stereocenters. The fourth-order valence-electron chi connectivity index (χ4n) is 2.94. The molecule has 4 unspecified atom stereocenters. The topological polar surface area (TPSA) is 55.6 Å². The highest BCUT2D eigenvalue weighted by molar-refractivity contribution is 5.79. The zero-order valence-electron chi connectivity index (χ0n) is 10.9. The highest BCUT2D eigenvalue weighted by Crippen LogP contribution is 2.30. The van der Waals surface area contributed by atoms with Gasteiger partial charge in [-0.1, -0.05) is 6.92 Å². The quantitative estimate of drug-likeness (QED) is 0.783. The molecule has 0 spiro atoms. The van der Waals surface area contributed by atoms with Crippen LogP contribution in [0.2, 0.25) is 0 Å². The first-order valence-electron chi connectivity index (χ1n) is 6.69. The Morgan fingerprint density at radius 2 is 2.12 bits per heavy atom. The van der Waals surface area contributed by atoms with Crippen LogP contribution in [0.25, 0.3) is 0 Å². The van der Waals surface area contributed by atoms with Crippen LogP contribution in [0.5, 0.6) is 0 Å². The summed E-state index contributed by atoms with van der Waals surface area (Å²) in [4.78, 5) is 14.3. The zero-order valence-corrected chi connectivity index (χ0v) is 10.9. The van der Waals surface area contributed by atoms with Crippen LogP contribution in [0.4, 0.5) is 0 Å². The van der Waals surface area contributed by atoms with Crippen molar-refractivity contribution in [2.24, 2.45) is 17.6 Å². The minimum atomic E-state index is 0.176. The summed E-state index contributed by atoms with van der Waals surface area (Å²) >= 11 is 0. The van der Waals surface area contributed by atoms with E-state index in [1.807, 2.05) is 11.9 Å². The van der Waals surface area contributed by atoms with Gasteiger partial charge in [0.25, 0.3) is 0 Å². The normalized spacial score (nSPS) is 38.1. The van der Waals surface area contributed by atoms with Gasteiger partial charge >= 0.3 is 0 Å². The standard InChI is InChI=1S/C13H24N2O2/c1-9-7-10(3-4-12(9)14)13(16)15(2)11-5-6-17-8-11/h9-12H,3-8,14H2,1-2H3. The van der Waals surface area contributed by atoms with E-state index in [0.29, 0.717) is 18.4 Å². The largest absolute Gasteiger partial charge is 0.379 e. The summed E-state index contributed by atoms with van der Waals surface area (Å²) in [6, 6.07) is 0.563. The second kappa shape index (κ2) is 5.36. The molecule has 4 heteroatoms. The number of hydrogen-bond donors (Lipinski definition) is 1. The van der Waals surface area contributed by atoms with Crippen molar-refractivity contribution in [1.29, 1.82) is 0 Å². The molecule has 2 fully saturated rings. The second-order valence-electron chi connectivity index (χ2n) is 5.62. The lowest BCUT2D eigenvalue weighted by Gasteiger charge is -2.34. The number of nitrogens with two attached hydrogens (primary N) is 1. The Hall–Kier alpha value is -0.610. The fourth-order valence-corrected chi connectivity index (χ4v) is 2.94. The molecule has 0 aromatic carbocycles. The van der Waals surface area contributed by atoms with E-state index in [1.165, 1.54) is 0 Å². The maximum absolute atomic E-state index is 12.4. The maximum atomic E-state index is 12.4. The van der Waals surface area contributed by atoms with Crippen molar-refractivity contribution < 1.29 is 9.53 Å². The number of ether oxygens (including phenoxy) is 1. The Kier molecular flexibility index (Phi) is 4.05. The average Bonchev–Trinajstić information content (AvgIpc) is 2.84. The third kappa shape index (κ3) is 2.80. The molecule has 17 heavy (non-hydrogen) atoms. The summed E-state index contributed by atoms with van der Waals surface area (Å²) in [5.41, 5.74) is 5.99. The van der Waals surface area contributed by atoms with Gasteiger partial charge in [0.2, 0.25) is 5.91 Å². The number of likely N-dealkylation sites (N-methyl/N-ethyl adjacent to an activating group) is 1. The molecule has 1 saturated carbocycles. The summed E-state index contributed by atoms with van der Waals surface area (Å²) in [5, 5.41) is 0. The highest BCUT2D eigenvalue weighted by atomic mass is 16.5. The van der Waals surface area contributed by atoms with E-state index in [2.05, 4.69) is 6.92 Å². The molecule has 2 rings (SSSR count). The monoisotopic (exact) mass is 240 g/mol. The maximum Gasteiger partial charge on any atom is 0.225 e. The van der Waals surface area contributed by atoms with Crippen LogP contribution < -0.4 is 5.73 Å². The Bertz CT molecular complexity index is 277. The van der Waals surface area contributed by atoms with E-state index in [1.54, 1.807) is 0 Å². The first kappa shape index (κ1) is 12.8. The zero-order chi connectivity index (χ0) is 12.4. The molecule has 0 radical (unpaired) electrons. The van der Waals surface area contributed by atoms with Crippen LogP contribution in [-0.2, 0) is 9.53 Å². The van der Waals surface area contributed by atoms with Crippen LogP contribution in [0, 0.1) is 11.8 Å². The minimum Gasteiger partial charge on any atom is -0.379 e. The lowest BCUT2D eigenvalue weighted by atomic mass is 9.78. The lowest BCUT2D eigenvalue weighted by molar-refractivity contribution is -0.138. The first-order valence-corrected chi connectivity index (χ1v) is 6.69. The van der Waals surface area contributed by atoms with Crippen LogP contribution in [0.15, 0.2) is 0 Å². The van der Waals surface area contributed by atoms with Crippen molar-refractivity contribution >= 4 is 5.91 Å². The Balaban J connectivity index is 1.90. The lowest BCUT2D eigenvalue weighted by Crippen LogP contribution is -2.45. The van der Waals surface area contributed by atoms with Crippen LogP contribution in [0.3, 0.4) is 0 Å². The van der Waals surface area contributed by atoms with Gasteiger partial charge in [-0.25, -0.2) is 0 Å². The molecule has 2 aliphatic rings. The molecule has 0 aromatic rings. The van der Waals surface area contributed by atoms with Crippen LogP contribution in [0.1, 0.15) is 32.6 Å². The summed E-state index contributed by atoms with van der Waals surface area (Å²) < 4.78 is 5.34. The average molecular weight is 240 g/mol. The van der Waals surface area contributed by atoms with E-state index >= 15 is 0 Å². The summed E-state index contributed by atoms with van der Waals surface area (Å²) in [6.45, 7) is 3.64. The van der Waals surface area contributed by atoms with Crippen molar-refractivity contribution in [3.8, 4) is 0 Å². The van der Waals surface area contributed by atoms with Gasteiger partial charge in [0.05, 0.1) is 12.6 Å². The number of amides is 1. The van der Waals surface area contributed by atoms with Gasteiger partial charge in [-0.2, -0.15) is 0 Å². The van der Waals surface area contributed by atoms with Gasteiger partial charge < -0.3 is 15.4 Å². The second-order valence-corrected chi connectivity index (χ2v) is 5.62. The number of carbonyl (C=O) groups is 1. The molecular weight excluding hydrogens is 216 g/mol. The van der Waals surface area contributed by atoms with Crippen molar-refractivity contribution in [1.82, 2.24) is 4.90 Å². The summed E-state index contributed by atoms with van der Waals surface area (Å²) in [7, 11) is 1.92. The summed E-state index contributed by atoms with van der Waals surface area (Å²) in [5.74, 6) is 0.931. The molecule has 0 bridgehead atoms. The molecule has 1 amide bonds. The molecule has 1 saturated heterocycles. The van der Waals surface area contributed by atoms with E-state index in [4.69, 9.17) is 10.5 Å². The Morgan fingerprint density at radius 1 is 1.35 bits per heavy atom. The molecular formula is C13H24N2O2. The van der Waals surface area contributed by atoms with Crippen LogP contribution in [-0.4, -0.2) is 43.2 Å². The molecule has 4 nitrogen and oxygen atoms in total. The van der Waals surface area contributed by atoms with Gasteiger partial charge in [-0.3, -0.25) is 4.79 Å². The van der Waals surface area contributed by atoms with E-state index in [-0.39, 0.29) is 18.0 Å². The molecule has 0 aromatic heterocycles. The molecule has 1 aliphatic carbocycles. The van der Waals surface area contributed by atoms with Crippen molar-refractivity contribution in [3.63, 3.8) is 0 Å². The summed E-state index contributed by atoms with van der Waals surface area (Å²) in [6.07, 6.45) is 3.84. The Morgan fingerprint density at radius 3 is 2.71 bits per heavy atom. The minimum absolute atomic E-state index is 0.176. The highest BCUT2D eigenvalue weighted by Gasteiger charge is 2.33. The third-order valence-corrected chi connectivity index (χ3v) is 4.39. The molecule has 1 heterocycles. The Labute approximate surface area is 103 Å². The smallest absolute Gasteiger partial charge is 0.225 e. The van der Waals surface area contributed by atoms with E-state index < -0.39 is 0 Å². The number of carbonyl (C=O) groups excluding carboxylic acids is 1. The first-order chi connectivity index (χ1) is 8.09. The van der Waals surface area contributed by atoms with Gasteiger partial charge in [0.15, 0.2) is 0 Å². The number of nitrogens with zero attached hydrogens (tertiary/aromatic N) is 1. The third-order valence-electron chi connectivity index (χ3n) is 4.39. The molecule has 98 valence electrons. The van der Waals surface area contributed by atoms with E-state index in [9.17, 15) is 4.79 Å². The predicted octanol–water partition coefficient (Wildman–Crippen LogP) is 0.997. The van der Waals surface area contributed by atoms with Crippen molar-refractivity contribution in [3.05, 3.63) is 0 Å². The van der Waals surface area contributed by atoms with Crippen LogP contribution >= 0.6 is 0 Å². The SMILES string of the molecule is CC1CC(C(=O)N(C)C2CCOC2)CCC1N. The fraction of sp³-hybridized carbons (Fsp3) is 0.923. The number of rotatable bonds is 2. The van der Waals surface area contributed by atoms with E-state index in [0.717, 1.165) is 32.3 Å². The van der Waals surface area contributed by atoms with Gasteiger partial charge in [0.1, 0.15) is 0 Å². The van der Waals surface area contributed by atoms with Gasteiger partial charge in [-0.05, 0) is 31.6 Å².